The van der Waals surface area contributed by atoms with Gasteiger partial charge in [0.15, 0.2) is 0 Å². The molecule has 1 heterocycles. The van der Waals surface area contributed by atoms with E-state index in [1.165, 1.54) is 24.2 Å². The van der Waals surface area contributed by atoms with Crippen LogP contribution in [-0.4, -0.2) is 27.3 Å². The number of nitrogens with one attached hydrogen (secondary N) is 1. The van der Waals surface area contributed by atoms with Crippen LogP contribution in [0.25, 0.3) is 0 Å². The van der Waals surface area contributed by atoms with E-state index in [0.29, 0.717) is 4.75 Å². The van der Waals surface area contributed by atoms with Crippen LogP contribution in [0, 0.1) is 6.92 Å². The Labute approximate surface area is 89.3 Å². The second-order valence-corrected chi connectivity index (χ2v) is 5.28. The number of anilines is 1. The van der Waals surface area contributed by atoms with Crippen LogP contribution in [0.5, 0.6) is 0 Å². The summed E-state index contributed by atoms with van der Waals surface area (Å²) in [7, 11) is 1.97. The number of aromatic nitrogens is 2. The minimum atomic E-state index is 0.516. The fraction of sp³-hybridized carbons (Fsp3) is 0.700. The molecule has 1 aromatic heterocycles. The number of hydrogen-bond donors (Lipinski definition) is 1. The average Bonchev–Trinajstić information content (AvgIpc) is 2.91. The van der Waals surface area contributed by atoms with Crippen molar-refractivity contribution in [3.05, 3.63) is 11.9 Å². The Kier molecular flexibility index (Phi) is 2.47. The van der Waals surface area contributed by atoms with E-state index >= 15 is 0 Å². The highest BCUT2D eigenvalue weighted by Gasteiger charge is 2.41. The highest BCUT2D eigenvalue weighted by Crippen LogP contribution is 2.47. The minimum absolute atomic E-state index is 0.516. The van der Waals surface area contributed by atoms with Gasteiger partial charge in [-0.1, -0.05) is 0 Å². The SMILES string of the molecule is CSC1(CNc2cnn(C)c2C)CC1. The Morgan fingerprint density at radius 2 is 2.36 bits per heavy atom. The molecule has 3 nitrogen and oxygen atoms in total. The van der Waals surface area contributed by atoms with Gasteiger partial charge in [0.2, 0.25) is 0 Å². The molecule has 0 radical (unpaired) electrons. The molecular weight excluding hydrogens is 194 g/mol. The summed E-state index contributed by atoms with van der Waals surface area (Å²) in [5.74, 6) is 0. The molecule has 0 saturated heterocycles. The molecule has 1 aliphatic rings. The standard InChI is InChI=1S/C10H17N3S/c1-8-9(6-12-13(8)2)11-7-10(14-3)4-5-10/h6,11H,4-5,7H2,1-3H3. The first kappa shape index (κ1) is 9.90. The molecule has 1 aliphatic carbocycles. The lowest BCUT2D eigenvalue weighted by Gasteiger charge is -2.13. The normalized spacial score (nSPS) is 18.2. The third-order valence-electron chi connectivity index (χ3n) is 3.08. The van der Waals surface area contributed by atoms with Gasteiger partial charge in [0.1, 0.15) is 0 Å². The van der Waals surface area contributed by atoms with Gasteiger partial charge >= 0.3 is 0 Å². The zero-order valence-electron chi connectivity index (χ0n) is 9.00. The third kappa shape index (κ3) is 1.75. The number of thioether (sulfide) groups is 1. The maximum atomic E-state index is 4.21. The summed E-state index contributed by atoms with van der Waals surface area (Å²) in [5, 5.41) is 7.69. The third-order valence-corrected chi connectivity index (χ3v) is 4.50. The molecule has 0 aromatic carbocycles. The van der Waals surface area contributed by atoms with Gasteiger partial charge in [-0.2, -0.15) is 16.9 Å². The van der Waals surface area contributed by atoms with E-state index in [9.17, 15) is 0 Å². The van der Waals surface area contributed by atoms with E-state index < -0.39 is 0 Å². The van der Waals surface area contributed by atoms with Gasteiger partial charge < -0.3 is 5.32 Å². The molecule has 0 bridgehead atoms. The van der Waals surface area contributed by atoms with Crippen molar-refractivity contribution in [3.8, 4) is 0 Å². The van der Waals surface area contributed by atoms with Crippen molar-refractivity contribution < 1.29 is 0 Å². The Balaban J connectivity index is 1.95. The molecule has 1 aromatic rings. The molecule has 2 rings (SSSR count). The predicted molar refractivity (Wildman–Crippen MR) is 61.9 cm³/mol. The van der Waals surface area contributed by atoms with E-state index in [2.05, 4.69) is 23.6 Å². The summed E-state index contributed by atoms with van der Waals surface area (Å²) in [5.41, 5.74) is 2.38. The monoisotopic (exact) mass is 211 g/mol. The minimum Gasteiger partial charge on any atom is -0.381 e. The zero-order valence-corrected chi connectivity index (χ0v) is 9.82. The van der Waals surface area contributed by atoms with Gasteiger partial charge in [-0.05, 0) is 26.0 Å². The van der Waals surface area contributed by atoms with Crippen LogP contribution in [0.3, 0.4) is 0 Å². The second kappa shape index (κ2) is 3.50. The van der Waals surface area contributed by atoms with Gasteiger partial charge in [-0.3, -0.25) is 4.68 Å². The van der Waals surface area contributed by atoms with Crippen LogP contribution in [0.2, 0.25) is 0 Å². The van der Waals surface area contributed by atoms with Crippen molar-refractivity contribution in [1.82, 2.24) is 9.78 Å². The Bertz CT molecular complexity index is 328. The van der Waals surface area contributed by atoms with Gasteiger partial charge in [-0.15, -0.1) is 0 Å². The van der Waals surface area contributed by atoms with E-state index in [-0.39, 0.29) is 0 Å². The topological polar surface area (TPSA) is 29.9 Å². The summed E-state index contributed by atoms with van der Waals surface area (Å²) < 4.78 is 2.42. The zero-order chi connectivity index (χ0) is 10.2. The van der Waals surface area contributed by atoms with E-state index in [4.69, 9.17) is 0 Å². The highest BCUT2D eigenvalue weighted by molar-refractivity contribution is 8.00. The first-order valence-electron chi connectivity index (χ1n) is 4.94. The lowest BCUT2D eigenvalue weighted by atomic mass is 10.3. The maximum absolute atomic E-state index is 4.21. The summed E-state index contributed by atoms with van der Waals surface area (Å²) >= 11 is 1.98. The number of nitrogens with zero attached hydrogens (tertiary/aromatic N) is 2. The number of rotatable bonds is 4. The Hall–Kier alpha value is -0.640. The summed E-state index contributed by atoms with van der Waals surface area (Å²) in [6.45, 7) is 3.16. The first-order chi connectivity index (χ1) is 6.67. The van der Waals surface area contributed by atoms with Crippen LogP contribution in [0.15, 0.2) is 6.20 Å². The van der Waals surface area contributed by atoms with Crippen molar-refractivity contribution in [2.45, 2.75) is 24.5 Å². The molecule has 1 saturated carbocycles. The van der Waals surface area contributed by atoms with Crippen LogP contribution < -0.4 is 5.32 Å². The first-order valence-corrected chi connectivity index (χ1v) is 6.17. The molecule has 1 N–H and O–H groups in total. The molecule has 4 heteroatoms. The summed E-state index contributed by atoms with van der Waals surface area (Å²) in [4.78, 5) is 0. The fourth-order valence-electron chi connectivity index (χ4n) is 1.52. The second-order valence-electron chi connectivity index (χ2n) is 4.01. The fourth-order valence-corrected chi connectivity index (χ4v) is 2.25. The maximum Gasteiger partial charge on any atom is 0.0756 e. The number of hydrogen-bond acceptors (Lipinski definition) is 3. The quantitative estimate of drug-likeness (QED) is 0.826. The van der Waals surface area contributed by atoms with E-state index in [1.807, 2.05) is 29.7 Å². The summed E-state index contributed by atoms with van der Waals surface area (Å²) in [6.07, 6.45) is 6.80. The molecular formula is C10H17N3S. The highest BCUT2D eigenvalue weighted by atomic mass is 32.2. The van der Waals surface area contributed by atoms with Crippen molar-refractivity contribution >= 4 is 17.4 Å². The molecule has 1 fully saturated rings. The predicted octanol–water partition coefficient (Wildman–Crippen LogP) is 2.04. The molecule has 0 amide bonds. The van der Waals surface area contributed by atoms with E-state index in [1.54, 1.807) is 0 Å². The number of aryl methyl sites for hydroxylation is 1. The Morgan fingerprint density at radius 3 is 2.79 bits per heavy atom. The molecule has 0 aliphatic heterocycles. The van der Waals surface area contributed by atoms with Crippen molar-refractivity contribution in [3.63, 3.8) is 0 Å². The van der Waals surface area contributed by atoms with Gasteiger partial charge in [0.05, 0.1) is 17.6 Å². The molecule has 14 heavy (non-hydrogen) atoms. The summed E-state index contributed by atoms with van der Waals surface area (Å²) in [6, 6.07) is 0. The van der Waals surface area contributed by atoms with Crippen LogP contribution in [0.4, 0.5) is 5.69 Å². The van der Waals surface area contributed by atoms with Gasteiger partial charge in [-0.25, -0.2) is 0 Å². The van der Waals surface area contributed by atoms with Crippen molar-refractivity contribution in [1.29, 1.82) is 0 Å². The van der Waals surface area contributed by atoms with Crippen LogP contribution >= 0.6 is 11.8 Å². The molecule has 0 unspecified atom stereocenters. The molecule has 0 spiro atoms. The lowest BCUT2D eigenvalue weighted by Crippen LogP contribution is -2.17. The Morgan fingerprint density at radius 1 is 1.64 bits per heavy atom. The largest absolute Gasteiger partial charge is 0.381 e. The van der Waals surface area contributed by atoms with Crippen molar-refractivity contribution in [2.24, 2.45) is 7.05 Å². The van der Waals surface area contributed by atoms with Crippen LogP contribution in [0.1, 0.15) is 18.5 Å². The van der Waals surface area contributed by atoms with Gasteiger partial charge in [0.25, 0.3) is 0 Å². The van der Waals surface area contributed by atoms with Crippen molar-refractivity contribution in [2.75, 3.05) is 18.1 Å². The lowest BCUT2D eigenvalue weighted by molar-refractivity contribution is 0.740. The molecule has 0 atom stereocenters. The smallest absolute Gasteiger partial charge is 0.0756 e. The van der Waals surface area contributed by atoms with E-state index in [0.717, 1.165) is 6.54 Å². The van der Waals surface area contributed by atoms with Crippen LogP contribution in [-0.2, 0) is 7.05 Å². The average molecular weight is 211 g/mol. The van der Waals surface area contributed by atoms with Gasteiger partial charge in [0, 0.05) is 18.3 Å². The molecule has 78 valence electrons.